The summed E-state index contributed by atoms with van der Waals surface area (Å²) < 4.78 is 13.3. The Labute approximate surface area is 184 Å². The molecule has 2 saturated heterocycles. The fraction of sp³-hybridized carbons (Fsp3) is 0.318. The van der Waals surface area contributed by atoms with Gasteiger partial charge in [-0.15, -0.1) is 0 Å². The highest BCUT2D eigenvalue weighted by atomic mass is 35.5. The van der Waals surface area contributed by atoms with Crippen molar-refractivity contribution >= 4 is 35.1 Å². The van der Waals surface area contributed by atoms with Crippen molar-refractivity contribution in [1.82, 2.24) is 15.1 Å². The Balaban J connectivity index is 1.33. The van der Waals surface area contributed by atoms with E-state index in [9.17, 15) is 18.8 Å². The molecule has 9 heteroatoms. The van der Waals surface area contributed by atoms with Crippen LogP contribution in [0.1, 0.15) is 18.4 Å². The fourth-order valence-electron chi connectivity index (χ4n) is 3.99. The van der Waals surface area contributed by atoms with Gasteiger partial charge in [-0.25, -0.2) is 9.18 Å². The zero-order valence-electron chi connectivity index (χ0n) is 16.7. The second kappa shape index (κ2) is 8.64. The number of likely N-dealkylation sites (tertiary alicyclic amines) is 1. The molecule has 0 radical (unpaired) electrons. The van der Waals surface area contributed by atoms with Gasteiger partial charge in [-0.3, -0.25) is 19.4 Å². The number of halogens is 2. The Kier molecular flexibility index (Phi) is 5.93. The summed E-state index contributed by atoms with van der Waals surface area (Å²) in [7, 11) is 0. The average molecular weight is 445 g/mol. The molecule has 0 bridgehead atoms. The first-order chi connectivity index (χ1) is 14.8. The normalized spacial score (nSPS) is 18.3. The number of nitrogens with one attached hydrogen (secondary N) is 2. The number of urea groups is 1. The van der Waals surface area contributed by atoms with E-state index < -0.39 is 17.4 Å². The van der Waals surface area contributed by atoms with Crippen molar-refractivity contribution in [3.8, 4) is 0 Å². The van der Waals surface area contributed by atoms with Crippen LogP contribution < -0.4 is 10.6 Å². The third-order valence-corrected chi connectivity index (χ3v) is 5.94. The van der Waals surface area contributed by atoms with Crippen LogP contribution in [0, 0.1) is 5.82 Å². The molecule has 0 saturated carbocycles. The van der Waals surface area contributed by atoms with Crippen LogP contribution in [0.4, 0.5) is 14.9 Å². The molecule has 0 unspecified atom stereocenters. The molecule has 2 aliphatic rings. The van der Waals surface area contributed by atoms with Crippen molar-refractivity contribution < 1.29 is 18.8 Å². The summed E-state index contributed by atoms with van der Waals surface area (Å²) in [5, 5.41) is 6.12. The summed E-state index contributed by atoms with van der Waals surface area (Å²) in [4.78, 5) is 40.9. The van der Waals surface area contributed by atoms with Crippen molar-refractivity contribution in [3.63, 3.8) is 0 Å². The average Bonchev–Trinajstić information content (AvgIpc) is 2.95. The largest absolute Gasteiger partial charge is 0.325 e. The van der Waals surface area contributed by atoms with Crippen LogP contribution in [-0.4, -0.2) is 52.8 Å². The summed E-state index contributed by atoms with van der Waals surface area (Å²) in [6, 6.07) is 12.3. The van der Waals surface area contributed by atoms with E-state index in [1.165, 1.54) is 23.1 Å². The zero-order chi connectivity index (χ0) is 22.0. The van der Waals surface area contributed by atoms with Gasteiger partial charge < -0.3 is 10.6 Å². The molecule has 2 aliphatic heterocycles. The first-order valence-electron chi connectivity index (χ1n) is 10.0. The van der Waals surface area contributed by atoms with E-state index in [0.717, 1.165) is 5.56 Å². The van der Waals surface area contributed by atoms with Crippen LogP contribution in [-0.2, 0) is 16.1 Å². The smallest absolute Gasteiger partial charge is 0.325 e. The molecule has 0 atom stereocenters. The number of nitrogens with zero attached hydrogens (tertiary/aromatic N) is 2. The Morgan fingerprint density at radius 3 is 2.52 bits per heavy atom. The van der Waals surface area contributed by atoms with Gasteiger partial charge in [-0.05, 0) is 48.7 Å². The van der Waals surface area contributed by atoms with Crippen molar-refractivity contribution in [2.75, 3.05) is 25.0 Å². The van der Waals surface area contributed by atoms with Crippen molar-refractivity contribution in [2.24, 2.45) is 0 Å². The monoisotopic (exact) mass is 444 g/mol. The topological polar surface area (TPSA) is 81.8 Å². The van der Waals surface area contributed by atoms with Crippen LogP contribution in [0.2, 0.25) is 5.02 Å². The molecule has 31 heavy (non-hydrogen) atoms. The Morgan fingerprint density at radius 1 is 1.13 bits per heavy atom. The standard InChI is InChI=1S/C22H22ClFN4O3/c23-16-6-4-15(5-7-16)13-28-20(30)22(26-21(28)31)8-10-27(11-9-22)14-19(29)25-18-3-1-2-17(24)12-18/h1-7,12H,8-11,13-14H2,(H,25,29)(H,26,31). The molecule has 2 aromatic rings. The lowest BCUT2D eigenvalue weighted by Gasteiger charge is -2.36. The molecule has 0 aliphatic carbocycles. The van der Waals surface area contributed by atoms with Crippen LogP contribution in [0.3, 0.4) is 0 Å². The van der Waals surface area contributed by atoms with E-state index in [1.807, 2.05) is 4.90 Å². The first-order valence-corrected chi connectivity index (χ1v) is 10.4. The van der Waals surface area contributed by atoms with Gasteiger partial charge in [0.2, 0.25) is 5.91 Å². The minimum atomic E-state index is -0.932. The summed E-state index contributed by atoms with van der Waals surface area (Å²) in [5.74, 6) is -0.916. The van der Waals surface area contributed by atoms with E-state index in [1.54, 1.807) is 30.3 Å². The van der Waals surface area contributed by atoms with Gasteiger partial charge in [-0.2, -0.15) is 0 Å². The maximum absolute atomic E-state index is 13.3. The Hall–Kier alpha value is -2.97. The van der Waals surface area contributed by atoms with Gasteiger partial charge >= 0.3 is 6.03 Å². The second-order valence-electron chi connectivity index (χ2n) is 7.86. The van der Waals surface area contributed by atoms with E-state index in [-0.39, 0.29) is 24.9 Å². The van der Waals surface area contributed by atoms with E-state index in [4.69, 9.17) is 11.6 Å². The van der Waals surface area contributed by atoms with Crippen LogP contribution in [0.15, 0.2) is 48.5 Å². The number of hydrogen-bond donors (Lipinski definition) is 2. The van der Waals surface area contributed by atoms with E-state index >= 15 is 0 Å². The van der Waals surface area contributed by atoms with Gasteiger partial charge in [0.25, 0.3) is 5.91 Å². The number of carbonyl (C=O) groups excluding carboxylic acids is 3. The summed E-state index contributed by atoms with van der Waals surface area (Å²) in [5.41, 5.74) is 0.282. The first kappa shape index (κ1) is 21.3. The molecule has 1 spiro atoms. The number of hydrogen-bond acceptors (Lipinski definition) is 4. The maximum Gasteiger partial charge on any atom is 0.325 e. The minimum absolute atomic E-state index is 0.128. The summed E-state index contributed by atoms with van der Waals surface area (Å²) in [6.07, 6.45) is 0.837. The molecule has 2 aromatic carbocycles. The van der Waals surface area contributed by atoms with Crippen molar-refractivity contribution in [1.29, 1.82) is 0 Å². The number of anilines is 1. The number of piperidine rings is 1. The van der Waals surface area contributed by atoms with Gasteiger partial charge in [0.15, 0.2) is 0 Å². The predicted molar refractivity (Wildman–Crippen MR) is 114 cm³/mol. The maximum atomic E-state index is 13.3. The molecule has 4 amide bonds. The zero-order valence-corrected chi connectivity index (χ0v) is 17.5. The highest BCUT2D eigenvalue weighted by Gasteiger charge is 2.52. The molecule has 0 aromatic heterocycles. The Bertz CT molecular complexity index is 1010. The van der Waals surface area contributed by atoms with E-state index in [0.29, 0.717) is 36.6 Å². The number of amides is 4. The second-order valence-corrected chi connectivity index (χ2v) is 8.30. The summed E-state index contributed by atoms with van der Waals surface area (Å²) in [6.45, 7) is 1.28. The molecule has 2 N–H and O–H groups in total. The van der Waals surface area contributed by atoms with Gasteiger partial charge in [0.05, 0.1) is 13.1 Å². The molecular formula is C22H22ClFN4O3. The third kappa shape index (κ3) is 4.70. The molecular weight excluding hydrogens is 423 g/mol. The van der Waals surface area contributed by atoms with Crippen molar-refractivity contribution in [3.05, 3.63) is 64.9 Å². The van der Waals surface area contributed by atoms with Gasteiger partial charge in [0.1, 0.15) is 11.4 Å². The minimum Gasteiger partial charge on any atom is -0.325 e. The molecule has 4 rings (SSSR count). The highest BCUT2D eigenvalue weighted by Crippen LogP contribution is 2.30. The number of imide groups is 1. The lowest BCUT2D eigenvalue weighted by atomic mass is 9.87. The lowest BCUT2D eigenvalue weighted by molar-refractivity contribution is -0.133. The van der Waals surface area contributed by atoms with Gasteiger partial charge in [0, 0.05) is 23.8 Å². The van der Waals surface area contributed by atoms with E-state index in [2.05, 4.69) is 10.6 Å². The van der Waals surface area contributed by atoms with Gasteiger partial charge in [-0.1, -0.05) is 29.8 Å². The predicted octanol–water partition coefficient (Wildman–Crippen LogP) is 3.00. The number of rotatable bonds is 5. The number of benzene rings is 2. The number of carbonyl (C=O) groups is 3. The van der Waals surface area contributed by atoms with Crippen LogP contribution in [0.25, 0.3) is 0 Å². The fourth-order valence-corrected chi connectivity index (χ4v) is 4.12. The van der Waals surface area contributed by atoms with Crippen LogP contribution >= 0.6 is 11.6 Å². The van der Waals surface area contributed by atoms with Crippen molar-refractivity contribution in [2.45, 2.75) is 24.9 Å². The van der Waals surface area contributed by atoms with Crippen LogP contribution in [0.5, 0.6) is 0 Å². The molecule has 2 fully saturated rings. The molecule has 162 valence electrons. The lowest BCUT2D eigenvalue weighted by Crippen LogP contribution is -2.55. The summed E-state index contributed by atoms with van der Waals surface area (Å²) >= 11 is 5.89. The Morgan fingerprint density at radius 2 is 1.84 bits per heavy atom. The molecule has 2 heterocycles. The molecule has 7 nitrogen and oxygen atoms in total. The highest BCUT2D eigenvalue weighted by molar-refractivity contribution is 6.30. The SMILES string of the molecule is O=C(CN1CCC2(CC1)NC(=O)N(Cc1ccc(Cl)cc1)C2=O)Nc1cccc(F)c1. The third-order valence-electron chi connectivity index (χ3n) is 5.69. The quantitative estimate of drug-likeness (QED) is 0.695.